The van der Waals surface area contributed by atoms with Crippen molar-refractivity contribution in [2.45, 2.75) is 13.3 Å². The molecule has 7 nitrogen and oxygen atoms in total. The standard InChI is InChI=1S/C19H19BrClN3O4S/c1-2-9-27-16-8-3-12(10-15(16)20)18(26)22-19(29)24-23-17(25)11-28-14-6-4-13(21)5-7-14/h3-8,10H,2,9,11H2,1H3,(H,23,25)(H2,22,24,26,29). The van der Waals surface area contributed by atoms with Crippen molar-refractivity contribution in [3.63, 3.8) is 0 Å². The first-order valence-corrected chi connectivity index (χ1v) is 10.2. The maximum atomic E-state index is 12.3. The molecule has 2 aromatic carbocycles. The zero-order valence-electron chi connectivity index (χ0n) is 15.5. The lowest BCUT2D eigenvalue weighted by molar-refractivity contribution is -0.123. The summed E-state index contributed by atoms with van der Waals surface area (Å²) < 4.78 is 11.5. The summed E-state index contributed by atoms with van der Waals surface area (Å²) in [5.74, 6) is 0.239. The highest BCUT2D eigenvalue weighted by Crippen LogP contribution is 2.26. The maximum Gasteiger partial charge on any atom is 0.276 e. The van der Waals surface area contributed by atoms with Gasteiger partial charge < -0.3 is 9.47 Å². The summed E-state index contributed by atoms with van der Waals surface area (Å²) in [5, 5.41) is 2.98. The fourth-order valence-corrected chi connectivity index (χ4v) is 2.78. The van der Waals surface area contributed by atoms with Crippen molar-refractivity contribution in [3.8, 4) is 11.5 Å². The summed E-state index contributed by atoms with van der Waals surface area (Å²) in [6.45, 7) is 2.35. The van der Waals surface area contributed by atoms with Crippen molar-refractivity contribution in [1.82, 2.24) is 16.2 Å². The van der Waals surface area contributed by atoms with E-state index in [1.54, 1.807) is 42.5 Å². The number of hydrogen-bond acceptors (Lipinski definition) is 5. The number of benzene rings is 2. The number of rotatable bonds is 7. The van der Waals surface area contributed by atoms with Gasteiger partial charge in [-0.25, -0.2) is 0 Å². The third-order valence-corrected chi connectivity index (χ3v) is 4.46. The van der Waals surface area contributed by atoms with E-state index in [4.69, 9.17) is 33.3 Å². The normalized spacial score (nSPS) is 10.0. The van der Waals surface area contributed by atoms with E-state index in [1.165, 1.54) is 0 Å². The molecule has 0 saturated carbocycles. The van der Waals surface area contributed by atoms with Crippen molar-refractivity contribution in [2.24, 2.45) is 0 Å². The second-order valence-electron chi connectivity index (χ2n) is 5.69. The van der Waals surface area contributed by atoms with E-state index < -0.39 is 11.8 Å². The number of carbonyl (C=O) groups excluding carboxylic acids is 2. The predicted octanol–water partition coefficient (Wildman–Crippen LogP) is 3.61. The molecule has 3 N–H and O–H groups in total. The van der Waals surface area contributed by atoms with Crippen LogP contribution in [0, 0.1) is 0 Å². The molecule has 29 heavy (non-hydrogen) atoms. The summed E-state index contributed by atoms with van der Waals surface area (Å²) in [7, 11) is 0. The monoisotopic (exact) mass is 499 g/mol. The lowest BCUT2D eigenvalue weighted by Crippen LogP contribution is -2.49. The van der Waals surface area contributed by atoms with Gasteiger partial charge in [-0.1, -0.05) is 18.5 Å². The summed E-state index contributed by atoms with van der Waals surface area (Å²) in [6.07, 6.45) is 0.880. The Balaban J connectivity index is 1.76. The van der Waals surface area contributed by atoms with Crippen molar-refractivity contribution in [2.75, 3.05) is 13.2 Å². The Morgan fingerprint density at radius 2 is 1.83 bits per heavy atom. The van der Waals surface area contributed by atoms with Crippen LogP contribution in [0.3, 0.4) is 0 Å². The average Bonchev–Trinajstić information content (AvgIpc) is 2.70. The van der Waals surface area contributed by atoms with Gasteiger partial charge in [-0.3, -0.25) is 25.8 Å². The maximum absolute atomic E-state index is 12.3. The SMILES string of the molecule is CCCOc1ccc(C(=O)NC(=S)NNC(=O)COc2ccc(Cl)cc2)cc1Br. The molecular weight excluding hydrogens is 482 g/mol. The Morgan fingerprint density at radius 3 is 2.48 bits per heavy atom. The molecule has 0 atom stereocenters. The number of hydrogen-bond donors (Lipinski definition) is 3. The predicted molar refractivity (Wildman–Crippen MR) is 118 cm³/mol. The van der Waals surface area contributed by atoms with E-state index >= 15 is 0 Å². The topological polar surface area (TPSA) is 88.7 Å². The largest absolute Gasteiger partial charge is 0.492 e. The molecule has 0 saturated heterocycles. The van der Waals surface area contributed by atoms with Gasteiger partial charge in [-0.2, -0.15) is 0 Å². The Kier molecular flexibility index (Phi) is 9.17. The Bertz CT molecular complexity index is 880. The van der Waals surface area contributed by atoms with Crippen LogP contribution in [-0.2, 0) is 4.79 Å². The molecule has 0 bridgehead atoms. The van der Waals surface area contributed by atoms with Gasteiger partial charge in [0.1, 0.15) is 11.5 Å². The van der Waals surface area contributed by atoms with Gasteiger partial charge in [0, 0.05) is 10.6 Å². The van der Waals surface area contributed by atoms with Gasteiger partial charge in [0.05, 0.1) is 11.1 Å². The molecule has 10 heteroatoms. The Hall–Kier alpha value is -2.36. The van der Waals surface area contributed by atoms with Gasteiger partial charge in [-0.15, -0.1) is 0 Å². The number of ether oxygens (including phenoxy) is 2. The minimum absolute atomic E-state index is 0.0581. The fourth-order valence-electron chi connectivity index (χ4n) is 2.02. The van der Waals surface area contributed by atoms with Crippen molar-refractivity contribution >= 4 is 56.7 Å². The van der Waals surface area contributed by atoms with E-state index in [0.29, 0.717) is 33.2 Å². The van der Waals surface area contributed by atoms with E-state index in [1.807, 2.05) is 6.92 Å². The van der Waals surface area contributed by atoms with Gasteiger partial charge in [0.2, 0.25) is 0 Å². The van der Waals surface area contributed by atoms with Crippen LogP contribution in [0.1, 0.15) is 23.7 Å². The van der Waals surface area contributed by atoms with Crippen molar-refractivity contribution in [3.05, 3.63) is 57.5 Å². The van der Waals surface area contributed by atoms with Gasteiger partial charge in [0.25, 0.3) is 11.8 Å². The summed E-state index contributed by atoms with van der Waals surface area (Å²) in [6, 6.07) is 11.5. The number of hydrazine groups is 1. The third kappa shape index (κ3) is 7.88. The smallest absolute Gasteiger partial charge is 0.276 e. The molecule has 0 radical (unpaired) electrons. The number of amides is 2. The lowest BCUT2D eigenvalue weighted by Gasteiger charge is -2.12. The highest BCUT2D eigenvalue weighted by atomic mass is 79.9. The molecule has 2 rings (SSSR count). The van der Waals surface area contributed by atoms with Crippen molar-refractivity contribution < 1.29 is 19.1 Å². The van der Waals surface area contributed by atoms with Crippen LogP contribution in [0.25, 0.3) is 0 Å². The fraction of sp³-hybridized carbons (Fsp3) is 0.211. The minimum Gasteiger partial charge on any atom is -0.492 e. The van der Waals surface area contributed by atoms with Crippen LogP contribution in [0.15, 0.2) is 46.9 Å². The van der Waals surface area contributed by atoms with Crippen LogP contribution < -0.4 is 25.6 Å². The number of halogens is 2. The highest BCUT2D eigenvalue weighted by molar-refractivity contribution is 9.10. The number of carbonyl (C=O) groups is 2. The second-order valence-corrected chi connectivity index (χ2v) is 7.39. The zero-order valence-corrected chi connectivity index (χ0v) is 18.6. The molecule has 2 aromatic rings. The van der Waals surface area contributed by atoms with Crippen LogP contribution in [0.4, 0.5) is 0 Å². The van der Waals surface area contributed by atoms with E-state index in [0.717, 1.165) is 6.42 Å². The first kappa shape index (κ1) is 22.9. The molecular formula is C19H19BrClN3O4S. The van der Waals surface area contributed by atoms with Crippen LogP contribution >= 0.6 is 39.7 Å². The van der Waals surface area contributed by atoms with E-state index in [-0.39, 0.29) is 11.7 Å². The summed E-state index contributed by atoms with van der Waals surface area (Å²) >= 11 is 14.2. The summed E-state index contributed by atoms with van der Waals surface area (Å²) in [4.78, 5) is 24.1. The number of nitrogens with one attached hydrogen (secondary N) is 3. The first-order valence-electron chi connectivity index (χ1n) is 8.60. The first-order chi connectivity index (χ1) is 13.9. The van der Waals surface area contributed by atoms with Gasteiger partial charge >= 0.3 is 0 Å². The molecule has 0 heterocycles. The molecule has 0 aromatic heterocycles. The molecule has 0 aliphatic heterocycles. The Morgan fingerprint density at radius 1 is 1.10 bits per heavy atom. The van der Waals surface area contributed by atoms with Crippen molar-refractivity contribution in [1.29, 1.82) is 0 Å². The highest BCUT2D eigenvalue weighted by Gasteiger charge is 2.11. The summed E-state index contributed by atoms with van der Waals surface area (Å²) in [5.41, 5.74) is 5.16. The molecule has 0 fully saturated rings. The van der Waals surface area contributed by atoms with E-state index in [9.17, 15) is 9.59 Å². The van der Waals surface area contributed by atoms with Gasteiger partial charge in [-0.05, 0) is 77.0 Å². The zero-order chi connectivity index (χ0) is 21.2. The van der Waals surface area contributed by atoms with Crippen LogP contribution in [0.5, 0.6) is 11.5 Å². The number of thiocarbonyl (C=S) groups is 1. The Labute approximate surface area is 187 Å². The van der Waals surface area contributed by atoms with E-state index in [2.05, 4.69) is 32.1 Å². The quantitative estimate of drug-likeness (QED) is 0.398. The minimum atomic E-state index is -0.475. The lowest BCUT2D eigenvalue weighted by atomic mass is 10.2. The second kappa shape index (κ2) is 11.6. The molecule has 0 spiro atoms. The van der Waals surface area contributed by atoms with Gasteiger partial charge in [0.15, 0.2) is 11.7 Å². The molecule has 0 aliphatic carbocycles. The van der Waals surface area contributed by atoms with Crippen LogP contribution in [0.2, 0.25) is 5.02 Å². The molecule has 2 amide bonds. The average molecular weight is 501 g/mol. The molecule has 154 valence electrons. The van der Waals surface area contributed by atoms with Crippen LogP contribution in [-0.4, -0.2) is 30.1 Å². The molecule has 0 aliphatic rings. The molecule has 0 unspecified atom stereocenters. The third-order valence-electron chi connectivity index (χ3n) is 3.38.